The number of rotatable bonds is 9. The molecule has 2 nitrogen and oxygen atoms in total. The van der Waals surface area contributed by atoms with Crippen LogP contribution in [0.1, 0.15) is 99.6 Å². The molecule has 0 unspecified atom stereocenters. The lowest BCUT2D eigenvalue weighted by molar-refractivity contribution is -0.158. The van der Waals surface area contributed by atoms with Gasteiger partial charge in [-0.25, -0.2) is 0 Å². The molecule has 0 amide bonds. The summed E-state index contributed by atoms with van der Waals surface area (Å²) in [5, 5.41) is 0. The maximum Gasteiger partial charge on any atom is 0.155 e. The second kappa shape index (κ2) is 10.7. The van der Waals surface area contributed by atoms with Crippen LogP contribution in [0, 0.1) is 5.92 Å². The zero-order chi connectivity index (χ0) is 26.0. The van der Waals surface area contributed by atoms with Crippen LogP contribution in [-0.2, 0) is 21.4 Å². The topological polar surface area (TPSA) is 26.3 Å². The van der Waals surface area contributed by atoms with E-state index in [1.54, 1.807) is 0 Å². The van der Waals surface area contributed by atoms with Gasteiger partial charge in [-0.1, -0.05) is 121 Å². The third-order valence-electron chi connectivity index (χ3n) is 8.04. The fraction of sp³-hybridized carbons (Fsp3) is 0.441. The predicted molar refractivity (Wildman–Crippen MR) is 150 cm³/mol. The molecule has 1 aliphatic carbocycles. The van der Waals surface area contributed by atoms with Gasteiger partial charge in [0.2, 0.25) is 0 Å². The second-order valence-corrected chi connectivity index (χ2v) is 11.4. The molecule has 0 spiro atoms. The Labute approximate surface area is 218 Å². The molecular weight excluding hydrogens is 440 g/mol. The van der Waals surface area contributed by atoms with E-state index in [0.717, 1.165) is 17.5 Å². The summed E-state index contributed by atoms with van der Waals surface area (Å²) in [6.45, 7) is 16.3. The lowest BCUT2D eigenvalue weighted by Gasteiger charge is -2.52. The summed E-state index contributed by atoms with van der Waals surface area (Å²) >= 11 is 0. The molecule has 2 heteroatoms. The highest BCUT2D eigenvalue weighted by molar-refractivity contribution is 6.03. The van der Waals surface area contributed by atoms with E-state index >= 15 is 0 Å². The van der Waals surface area contributed by atoms with Gasteiger partial charge < -0.3 is 4.74 Å². The Morgan fingerprint density at radius 3 is 1.64 bits per heavy atom. The molecule has 3 aromatic rings. The first-order valence-corrected chi connectivity index (χ1v) is 13.6. The van der Waals surface area contributed by atoms with Gasteiger partial charge in [-0.15, -0.1) is 0 Å². The summed E-state index contributed by atoms with van der Waals surface area (Å²) in [5.74, 6) is 1.52. The number of ketones is 1. The minimum atomic E-state index is -0.745. The van der Waals surface area contributed by atoms with Crippen molar-refractivity contribution in [2.24, 2.45) is 5.92 Å². The normalized spacial score (nSPS) is 19.2. The highest BCUT2D eigenvalue weighted by Crippen LogP contribution is 2.51. The molecule has 2 atom stereocenters. The van der Waals surface area contributed by atoms with Gasteiger partial charge in [0.05, 0.1) is 12.7 Å². The van der Waals surface area contributed by atoms with Gasteiger partial charge in [-0.3, -0.25) is 4.79 Å². The van der Waals surface area contributed by atoms with Crippen LogP contribution >= 0.6 is 0 Å². The van der Waals surface area contributed by atoms with Crippen molar-refractivity contribution < 1.29 is 9.53 Å². The van der Waals surface area contributed by atoms with Crippen molar-refractivity contribution in [2.45, 2.75) is 84.2 Å². The van der Waals surface area contributed by atoms with Gasteiger partial charge in [0.1, 0.15) is 5.41 Å². The molecule has 0 saturated heterocycles. The molecule has 190 valence electrons. The first-order chi connectivity index (χ1) is 17.2. The molecule has 0 aromatic heterocycles. The SMILES string of the molecule is CC(C)c1cc(C(C)C)c(CCO[C@H]2[C@@H](C)C(=O)C2(c2ccccc2)c2ccccc2)c(C(C)C)c1. The van der Waals surface area contributed by atoms with E-state index in [4.69, 9.17) is 4.74 Å². The zero-order valence-corrected chi connectivity index (χ0v) is 23.0. The molecule has 0 heterocycles. The van der Waals surface area contributed by atoms with Gasteiger partial charge in [0.15, 0.2) is 5.78 Å². The highest BCUT2D eigenvalue weighted by atomic mass is 16.5. The Morgan fingerprint density at radius 2 is 1.22 bits per heavy atom. The van der Waals surface area contributed by atoms with Crippen LogP contribution in [0.25, 0.3) is 0 Å². The van der Waals surface area contributed by atoms with Crippen molar-refractivity contribution in [3.05, 3.63) is 106 Å². The summed E-state index contributed by atoms with van der Waals surface area (Å²) in [4.78, 5) is 13.6. The van der Waals surface area contributed by atoms with E-state index in [0.29, 0.717) is 24.4 Å². The highest BCUT2D eigenvalue weighted by Gasteiger charge is 2.62. The minimum absolute atomic E-state index is 0.136. The average Bonchev–Trinajstić information content (AvgIpc) is 2.88. The smallest absolute Gasteiger partial charge is 0.155 e. The molecule has 0 radical (unpaired) electrons. The number of carbonyl (C=O) groups is 1. The summed E-state index contributed by atoms with van der Waals surface area (Å²) in [7, 11) is 0. The monoisotopic (exact) mass is 482 g/mol. The molecular formula is C34H42O2. The fourth-order valence-electron chi connectivity index (χ4n) is 6.05. The average molecular weight is 483 g/mol. The summed E-state index contributed by atoms with van der Waals surface area (Å²) < 4.78 is 6.72. The van der Waals surface area contributed by atoms with Crippen molar-refractivity contribution >= 4 is 5.78 Å². The molecule has 4 rings (SSSR count). The van der Waals surface area contributed by atoms with Crippen LogP contribution in [0.2, 0.25) is 0 Å². The third kappa shape index (κ3) is 4.57. The molecule has 1 aliphatic rings. The number of benzene rings is 3. The van der Waals surface area contributed by atoms with Gasteiger partial charge in [0.25, 0.3) is 0 Å². The van der Waals surface area contributed by atoms with Crippen LogP contribution in [0.15, 0.2) is 72.8 Å². The first-order valence-electron chi connectivity index (χ1n) is 13.6. The molecule has 0 N–H and O–H groups in total. The second-order valence-electron chi connectivity index (χ2n) is 11.4. The lowest BCUT2D eigenvalue weighted by Crippen LogP contribution is -2.65. The predicted octanol–water partition coefficient (Wildman–Crippen LogP) is 8.19. The maximum absolute atomic E-state index is 13.6. The van der Waals surface area contributed by atoms with E-state index in [9.17, 15) is 4.79 Å². The Kier molecular flexibility index (Phi) is 7.85. The first kappa shape index (κ1) is 26.4. The Morgan fingerprint density at radius 1 is 0.750 bits per heavy atom. The molecule has 1 saturated carbocycles. The standard InChI is InChI=1S/C34H42O2/c1-22(2)26-20-30(23(3)4)29(31(21-26)24(5)6)18-19-36-33-25(7)32(35)34(33,27-14-10-8-11-15-27)28-16-12-9-13-17-28/h8-17,20-25,33H,18-19H2,1-7H3/t25-,33-/m0/s1. The molecule has 0 bridgehead atoms. The summed E-state index contributed by atoms with van der Waals surface area (Å²) in [6, 6.07) is 25.2. The molecule has 1 fully saturated rings. The quantitative estimate of drug-likeness (QED) is 0.307. The van der Waals surface area contributed by atoms with Crippen molar-refractivity contribution in [1.82, 2.24) is 0 Å². The van der Waals surface area contributed by atoms with E-state index in [-0.39, 0.29) is 17.8 Å². The van der Waals surface area contributed by atoms with E-state index in [1.807, 2.05) is 43.3 Å². The minimum Gasteiger partial charge on any atom is -0.375 e. The Hall–Kier alpha value is -2.71. The van der Waals surface area contributed by atoms with Crippen molar-refractivity contribution in [1.29, 1.82) is 0 Å². The Balaban J connectivity index is 1.67. The van der Waals surface area contributed by atoms with Crippen molar-refractivity contribution in [3.63, 3.8) is 0 Å². The molecule has 36 heavy (non-hydrogen) atoms. The number of ether oxygens (including phenoxy) is 1. The maximum atomic E-state index is 13.6. The van der Waals surface area contributed by atoms with Crippen LogP contribution in [0.5, 0.6) is 0 Å². The fourth-order valence-corrected chi connectivity index (χ4v) is 6.05. The van der Waals surface area contributed by atoms with Crippen LogP contribution < -0.4 is 0 Å². The number of carbonyl (C=O) groups excluding carboxylic acids is 1. The lowest BCUT2D eigenvalue weighted by atomic mass is 9.52. The van der Waals surface area contributed by atoms with Crippen LogP contribution in [0.3, 0.4) is 0 Å². The number of hydrogen-bond donors (Lipinski definition) is 0. The zero-order valence-electron chi connectivity index (χ0n) is 23.0. The van der Waals surface area contributed by atoms with E-state index in [1.165, 1.54) is 22.3 Å². The van der Waals surface area contributed by atoms with E-state index in [2.05, 4.69) is 77.9 Å². The number of Topliss-reactive ketones (excluding diaryl/α,β-unsaturated/α-hetero) is 1. The van der Waals surface area contributed by atoms with Crippen molar-refractivity contribution in [3.8, 4) is 0 Å². The third-order valence-corrected chi connectivity index (χ3v) is 8.04. The molecule has 3 aromatic carbocycles. The van der Waals surface area contributed by atoms with Gasteiger partial charge in [0, 0.05) is 5.92 Å². The van der Waals surface area contributed by atoms with Crippen molar-refractivity contribution in [2.75, 3.05) is 6.61 Å². The van der Waals surface area contributed by atoms with Crippen LogP contribution in [-0.4, -0.2) is 18.5 Å². The largest absolute Gasteiger partial charge is 0.375 e. The number of hydrogen-bond acceptors (Lipinski definition) is 2. The van der Waals surface area contributed by atoms with Gasteiger partial charge >= 0.3 is 0 Å². The Bertz CT molecular complexity index is 1110. The van der Waals surface area contributed by atoms with Crippen LogP contribution in [0.4, 0.5) is 0 Å². The molecule has 0 aliphatic heterocycles. The summed E-state index contributed by atoms with van der Waals surface area (Å²) in [5.41, 5.74) is 7.01. The van der Waals surface area contributed by atoms with Gasteiger partial charge in [-0.05, 0) is 57.6 Å². The van der Waals surface area contributed by atoms with Gasteiger partial charge in [-0.2, -0.15) is 0 Å². The summed E-state index contributed by atoms with van der Waals surface area (Å²) in [6.07, 6.45) is 0.672. The van der Waals surface area contributed by atoms with E-state index < -0.39 is 5.41 Å².